The molecule has 7 nitrogen and oxygen atoms in total. The fraction of sp³-hybridized carbons (Fsp3) is 0.350. The van der Waals surface area contributed by atoms with Crippen LogP contribution in [0.1, 0.15) is 33.3 Å². The number of hydrogen-bond acceptors (Lipinski definition) is 7. The van der Waals surface area contributed by atoms with Gasteiger partial charge in [-0.05, 0) is 45.9 Å². The minimum Gasteiger partial charge on any atom is -0.489 e. The summed E-state index contributed by atoms with van der Waals surface area (Å²) in [6.07, 6.45) is 4.86. The quantitative estimate of drug-likeness (QED) is 0.556. The lowest BCUT2D eigenvalue weighted by molar-refractivity contribution is -0.191. The molecule has 7 heteroatoms. The highest BCUT2D eigenvalue weighted by atomic mass is 16.6. The van der Waals surface area contributed by atoms with Crippen LogP contribution < -0.4 is 4.74 Å². The van der Waals surface area contributed by atoms with Gasteiger partial charge in [-0.25, -0.2) is 9.59 Å². The summed E-state index contributed by atoms with van der Waals surface area (Å²) in [6.45, 7) is 7.30. The predicted molar refractivity (Wildman–Crippen MR) is 97.6 cm³/mol. The molecule has 27 heavy (non-hydrogen) atoms. The molecule has 0 unspecified atom stereocenters. The fourth-order valence-electron chi connectivity index (χ4n) is 1.80. The average molecular weight is 376 g/mol. The third kappa shape index (κ3) is 11.1. The van der Waals surface area contributed by atoms with E-state index in [1.165, 1.54) is 13.2 Å². The highest BCUT2D eigenvalue weighted by Gasteiger charge is 2.13. The minimum absolute atomic E-state index is 0.210. The van der Waals surface area contributed by atoms with Crippen molar-refractivity contribution in [2.45, 2.75) is 33.3 Å². The Balaban J connectivity index is 0.00000210. The molecule has 0 amide bonds. The molecule has 0 aliphatic carbocycles. The Morgan fingerprint density at radius 2 is 1.74 bits per heavy atom. The van der Waals surface area contributed by atoms with Crippen LogP contribution in [-0.4, -0.2) is 37.4 Å². The van der Waals surface area contributed by atoms with E-state index < -0.39 is 17.5 Å². The third-order valence-corrected chi connectivity index (χ3v) is 2.79. The van der Waals surface area contributed by atoms with Crippen LogP contribution in [0, 0.1) is 0 Å². The first-order valence-corrected chi connectivity index (χ1v) is 8.01. The Kier molecular flexibility index (Phi) is 10.8. The van der Waals surface area contributed by atoms with Gasteiger partial charge in [-0.1, -0.05) is 18.2 Å². The second kappa shape index (κ2) is 12.2. The molecule has 1 rings (SSSR count). The van der Waals surface area contributed by atoms with E-state index in [-0.39, 0.29) is 12.8 Å². The van der Waals surface area contributed by atoms with Gasteiger partial charge in [0.05, 0.1) is 7.11 Å². The largest absolute Gasteiger partial charge is 0.489 e. The number of rotatable bonds is 6. The summed E-state index contributed by atoms with van der Waals surface area (Å²) >= 11 is 0. The molecular weight excluding hydrogens is 352 g/mol. The maximum absolute atomic E-state index is 11.6. The Labute approximate surface area is 158 Å². The monoisotopic (exact) mass is 376 g/mol. The van der Waals surface area contributed by atoms with Crippen molar-refractivity contribution in [2.24, 2.45) is 0 Å². The van der Waals surface area contributed by atoms with Crippen LogP contribution in [0.2, 0.25) is 0 Å². The van der Waals surface area contributed by atoms with Crippen LogP contribution in [0.5, 0.6) is 5.75 Å². The van der Waals surface area contributed by atoms with Gasteiger partial charge in [-0.15, -0.1) is 0 Å². The topological polar surface area (TPSA) is 96.0 Å². The Morgan fingerprint density at radius 3 is 2.30 bits per heavy atom. The van der Waals surface area contributed by atoms with Gasteiger partial charge in [0.25, 0.3) is 0 Å². The van der Waals surface area contributed by atoms with Crippen LogP contribution in [0.4, 0.5) is 0 Å². The Morgan fingerprint density at radius 1 is 1.15 bits per heavy atom. The van der Waals surface area contributed by atoms with Gasteiger partial charge < -0.3 is 14.2 Å². The number of benzene rings is 1. The molecule has 0 bridgehead atoms. The minimum atomic E-state index is -0.523. The van der Waals surface area contributed by atoms with Crippen molar-refractivity contribution in [2.75, 3.05) is 13.7 Å². The summed E-state index contributed by atoms with van der Waals surface area (Å²) < 4.78 is 15.5. The lowest BCUT2D eigenvalue weighted by atomic mass is 10.1. The lowest BCUT2D eigenvalue weighted by Gasteiger charge is -2.17. The highest BCUT2D eigenvalue weighted by molar-refractivity contribution is 5.93. The summed E-state index contributed by atoms with van der Waals surface area (Å²) in [7, 11) is 1.34. The molecule has 0 saturated carbocycles. The van der Waals surface area contributed by atoms with E-state index in [4.69, 9.17) is 19.1 Å². The van der Waals surface area contributed by atoms with Gasteiger partial charge in [0.15, 0.2) is 0 Å². The van der Waals surface area contributed by atoms with Crippen LogP contribution in [-0.2, 0) is 28.7 Å². The Bertz CT molecular complexity index is 718. The van der Waals surface area contributed by atoms with E-state index in [1.54, 1.807) is 25.1 Å². The van der Waals surface area contributed by atoms with Crippen molar-refractivity contribution in [3.05, 3.63) is 47.6 Å². The van der Waals surface area contributed by atoms with Crippen LogP contribution in [0.3, 0.4) is 0 Å². The average Bonchev–Trinajstić information content (AvgIpc) is 2.58. The molecular formula is C20H24O7. The van der Waals surface area contributed by atoms with E-state index in [0.717, 1.165) is 5.56 Å². The van der Waals surface area contributed by atoms with Gasteiger partial charge in [0, 0.05) is 17.2 Å². The van der Waals surface area contributed by atoms with Crippen LogP contribution in [0.15, 0.2) is 42.0 Å². The normalized spacial score (nSPS) is 11.1. The molecule has 0 heterocycles. The van der Waals surface area contributed by atoms with Gasteiger partial charge >= 0.3 is 18.1 Å². The molecule has 0 atom stereocenters. The zero-order valence-corrected chi connectivity index (χ0v) is 16.1. The highest BCUT2D eigenvalue weighted by Crippen LogP contribution is 2.21. The molecule has 0 spiro atoms. The van der Waals surface area contributed by atoms with Crippen molar-refractivity contribution in [3.63, 3.8) is 0 Å². The Hall–Kier alpha value is -3.18. The molecule has 0 saturated heterocycles. The summed E-state index contributed by atoms with van der Waals surface area (Å²) in [4.78, 5) is 39.3. The summed E-state index contributed by atoms with van der Waals surface area (Å²) in [6, 6.07) is 7.30. The maximum Gasteiger partial charge on any atom is 0.373 e. The van der Waals surface area contributed by atoms with Crippen molar-refractivity contribution in [3.8, 4) is 5.75 Å². The molecule has 0 radical (unpaired) electrons. The molecule has 0 aliphatic rings. The van der Waals surface area contributed by atoms with Crippen molar-refractivity contribution < 1.29 is 33.4 Å². The van der Waals surface area contributed by atoms with Crippen molar-refractivity contribution >= 4 is 24.2 Å². The standard InChI is InChI=1S/C19H24O5.CO2/c1-14(18(21)22-5)13-15-9-6-7-10-16(15)23-12-8-11-17(20)24-19(2,3)4;2-1-3/h6-11,13H,12H2,1-5H3;/b11-8+,14-13+;. The van der Waals surface area contributed by atoms with E-state index in [0.29, 0.717) is 11.3 Å². The first-order valence-electron chi connectivity index (χ1n) is 8.01. The fourth-order valence-corrected chi connectivity index (χ4v) is 1.80. The van der Waals surface area contributed by atoms with Gasteiger partial charge in [-0.2, -0.15) is 9.59 Å². The summed E-state index contributed by atoms with van der Waals surface area (Å²) in [5, 5.41) is 0. The second-order valence-electron chi connectivity index (χ2n) is 6.19. The maximum atomic E-state index is 11.6. The molecule has 0 aromatic heterocycles. The SMILES string of the molecule is COC(=O)/C(C)=C/c1ccccc1OC/C=C/C(=O)OC(C)(C)C.O=C=O. The first kappa shape index (κ1) is 23.8. The zero-order chi connectivity index (χ0) is 20.9. The van der Waals surface area contributed by atoms with E-state index >= 15 is 0 Å². The lowest BCUT2D eigenvalue weighted by Crippen LogP contribution is -2.22. The predicted octanol–water partition coefficient (Wildman–Crippen LogP) is 2.96. The van der Waals surface area contributed by atoms with Crippen molar-refractivity contribution in [1.29, 1.82) is 0 Å². The molecule has 1 aromatic rings. The summed E-state index contributed by atoms with van der Waals surface area (Å²) in [5.41, 5.74) is 0.703. The van der Waals surface area contributed by atoms with E-state index in [9.17, 15) is 9.59 Å². The zero-order valence-electron chi connectivity index (χ0n) is 16.1. The van der Waals surface area contributed by atoms with Crippen LogP contribution in [0.25, 0.3) is 6.08 Å². The number of ether oxygens (including phenoxy) is 3. The van der Waals surface area contributed by atoms with Gasteiger partial charge in [-0.3, -0.25) is 0 Å². The first-order chi connectivity index (χ1) is 12.6. The van der Waals surface area contributed by atoms with Crippen LogP contribution >= 0.6 is 0 Å². The number of methoxy groups -OCH3 is 1. The third-order valence-electron chi connectivity index (χ3n) is 2.79. The summed E-state index contributed by atoms with van der Waals surface area (Å²) in [5.74, 6) is -0.204. The number of hydrogen-bond donors (Lipinski definition) is 0. The van der Waals surface area contributed by atoms with E-state index in [2.05, 4.69) is 4.74 Å². The van der Waals surface area contributed by atoms with Gasteiger partial charge in [0.1, 0.15) is 18.0 Å². The molecule has 0 fully saturated rings. The van der Waals surface area contributed by atoms with Crippen molar-refractivity contribution in [1.82, 2.24) is 0 Å². The number of esters is 2. The number of carbonyl (C=O) groups is 2. The van der Waals surface area contributed by atoms with Gasteiger partial charge in [0.2, 0.25) is 0 Å². The second-order valence-corrected chi connectivity index (χ2v) is 6.19. The number of para-hydroxylation sites is 1. The smallest absolute Gasteiger partial charge is 0.373 e. The van der Waals surface area contributed by atoms with E-state index in [1.807, 2.05) is 39.0 Å². The molecule has 146 valence electrons. The molecule has 1 aromatic carbocycles. The molecule has 0 N–H and O–H groups in total. The molecule has 0 aliphatic heterocycles. The number of carbonyl (C=O) groups excluding carboxylic acids is 4.